The first-order valence-electron chi connectivity index (χ1n) is 8.18. The van der Waals surface area contributed by atoms with E-state index in [2.05, 4.69) is 12.2 Å². The molecule has 1 saturated heterocycles. The molecular formula is C16H32N2O2S. The van der Waals surface area contributed by atoms with Crippen molar-refractivity contribution in [2.24, 2.45) is 5.92 Å². The molecule has 1 heterocycles. The maximum absolute atomic E-state index is 12.0. The lowest BCUT2D eigenvalue weighted by Crippen LogP contribution is -2.35. The molecule has 4 nitrogen and oxygen atoms in total. The van der Waals surface area contributed by atoms with Crippen molar-refractivity contribution >= 4 is 17.9 Å². The van der Waals surface area contributed by atoms with Crippen LogP contribution in [-0.4, -0.2) is 54.3 Å². The summed E-state index contributed by atoms with van der Waals surface area (Å²) in [7, 11) is 0. The Hall–Kier alpha value is -0.420. The van der Waals surface area contributed by atoms with Crippen LogP contribution in [0.5, 0.6) is 0 Å². The Balaban J connectivity index is 2.08. The van der Waals surface area contributed by atoms with E-state index in [4.69, 9.17) is 4.74 Å². The molecule has 1 fully saturated rings. The third kappa shape index (κ3) is 8.57. The van der Waals surface area contributed by atoms with Gasteiger partial charge in [0.1, 0.15) is 5.60 Å². The molecule has 0 bridgehead atoms. The molecule has 124 valence electrons. The smallest absolute Gasteiger partial charge is 0.410 e. The van der Waals surface area contributed by atoms with Crippen LogP contribution < -0.4 is 5.32 Å². The Morgan fingerprint density at radius 3 is 2.81 bits per heavy atom. The Bertz CT molecular complexity index is 305. The van der Waals surface area contributed by atoms with Gasteiger partial charge in [-0.2, -0.15) is 11.8 Å². The van der Waals surface area contributed by atoms with Gasteiger partial charge >= 0.3 is 6.09 Å². The van der Waals surface area contributed by atoms with Crippen LogP contribution in [0.15, 0.2) is 0 Å². The molecule has 0 aromatic rings. The second-order valence-electron chi connectivity index (χ2n) is 6.67. The summed E-state index contributed by atoms with van der Waals surface area (Å²) in [4.78, 5) is 13.8. The average molecular weight is 317 g/mol. The van der Waals surface area contributed by atoms with Crippen molar-refractivity contribution in [3.8, 4) is 0 Å². The van der Waals surface area contributed by atoms with E-state index in [0.29, 0.717) is 5.92 Å². The van der Waals surface area contributed by atoms with Crippen molar-refractivity contribution in [1.82, 2.24) is 10.2 Å². The molecule has 1 amide bonds. The molecule has 0 aromatic heterocycles. The number of thioether (sulfide) groups is 1. The number of nitrogens with one attached hydrogen (secondary N) is 1. The molecule has 0 spiro atoms. The lowest BCUT2D eigenvalue weighted by atomic mass is 10.1. The summed E-state index contributed by atoms with van der Waals surface area (Å²) in [6.45, 7) is 11.8. The van der Waals surface area contributed by atoms with Crippen molar-refractivity contribution in [2.75, 3.05) is 37.7 Å². The van der Waals surface area contributed by atoms with Crippen LogP contribution in [0.25, 0.3) is 0 Å². The largest absolute Gasteiger partial charge is 0.444 e. The number of amides is 1. The number of ether oxygens (including phenoxy) is 1. The van der Waals surface area contributed by atoms with Gasteiger partial charge < -0.3 is 15.0 Å². The average Bonchev–Trinajstić information content (AvgIpc) is 2.84. The minimum Gasteiger partial charge on any atom is -0.444 e. The summed E-state index contributed by atoms with van der Waals surface area (Å²) >= 11 is 2.00. The highest BCUT2D eigenvalue weighted by molar-refractivity contribution is 7.99. The van der Waals surface area contributed by atoms with Gasteiger partial charge in [0.2, 0.25) is 0 Å². The number of hydrogen-bond acceptors (Lipinski definition) is 4. The van der Waals surface area contributed by atoms with Crippen molar-refractivity contribution in [3.05, 3.63) is 0 Å². The van der Waals surface area contributed by atoms with Crippen LogP contribution in [0.2, 0.25) is 0 Å². The topological polar surface area (TPSA) is 41.6 Å². The van der Waals surface area contributed by atoms with Gasteiger partial charge in [0.05, 0.1) is 0 Å². The zero-order valence-electron chi connectivity index (χ0n) is 14.1. The van der Waals surface area contributed by atoms with Gasteiger partial charge in [0.15, 0.2) is 0 Å². The summed E-state index contributed by atoms with van der Waals surface area (Å²) in [5.74, 6) is 3.08. The second-order valence-corrected chi connectivity index (χ2v) is 8.06. The number of carbonyl (C=O) groups excluding carboxylic acids is 1. The monoisotopic (exact) mass is 316 g/mol. The van der Waals surface area contributed by atoms with Gasteiger partial charge in [0, 0.05) is 13.1 Å². The molecule has 0 aromatic carbocycles. The normalized spacial score (nSPS) is 19.0. The standard InChI is InChI=1S/C16H32N2O2S/c1-5-21-12-6-9-17-10-7-14-8-11-18(13-14)15(19)20-16(2,3)4/h14,17H,5-13H2,1-4H3. The molecule has 1 atom stereocenters. The first kappa shape index (κ1) is 18.6. The van der Waals surface area contributed by atoms with Crippen LogP contribution in [-0.2, 0) is 4.74 Å². The van der Waals surface area contributed by atoms with E-state index in [9.17, 15) is 4.79 Å². The van der Waals surface area contributed by atoms with Gasteiger partial charge in [-0.05, 0) is 70.5 Å². The summed E-state index contributed by atoms with van der Waals surface area (Å²) in [6, 6.07) is 0. The quantitative estimate of drug-likeness (QED) is 0.697. The van der Waals surface area contributed by atoms with Crippen molar-refractivity contribution in [2.45, 2.75) is 52.6 Å². The van der Waals surface area contributed by atoms with Crippen molar-refractivity contribution in [3.63, 3.8) is 0 Å². The van der Waals surface area contributed by atoms with Crippen LogP contribution in [0, 0.1) is 5.92 Å². The summed E-state index contributed by atoms with van der Waals surface area (Å²) < 4.78 is 5.42. The molecular weight excluding hydrogens is 284 g/mol. The number of hydrogen-bond donors (Lipinski definition) is 1. The van der Waals surface area contributed by atoms with Crippen LogP contribution in [0.4, 0.5) is 4.79 Å². The highest BCUT2D eigenvalue weighted by Crippen LogP contribution is 2.21. The van der Waals surface area contributed by atoms with Crippen LogP contribution in [0.1, 0.15) is 47.0 Å². The summed E-state index contributed by atoms with van der Waals surface area (Å²) in [5.41, 5.74) is -0.396. The number of carbonyl (C=O) groups is 1. The third-order valence-electron chi connectivity index (χ3n) is 3.51. The summed E-state index contributed by atoms with van der Waals surface area (Å²) in [5, 5.41) is 3.51. The van der Waals surface area contributed by atoms with Crippen LogP contribution >= 0.6 is 11.8 Å². The van der Waals surface area contributed by atoms with Crippen molar-refractivity contribution in [1.29, 1.82) is 0 Å². The van der Waals surface area contributed by atoms with E-state index in [1.54, 1.807) is 0 Å². The first-order chi connectivity index (χ1) is 9.92. The first-order valence-corrected chi connectivity index (χ1v) is 9.34. The fraction of sp³-hybridized carbons (Fsp3) is 0.938. The fourth-order valence-electron chi connectivity index (χ4n) is 2.44. The minimum absolute atomic E-state index is 0.158. The van der Waals surface area contributed by atoms with E-state index in [1.165, 1.54) is 17.9 Å². The van der Waals surface area contributed by atoms with Gasteiger partial charge in [-0.15, -0.1) is 0 Å². The maximum atomic E-state index is 12.0. The number of nitrogens with zero attached hydrogens (tertiary/aromatic N) is 1. The molecule has 0 aliphatic carbocycles. The van der Waals surface area contributed by atoms with Gasteiger partial charge in [-0.1, -0.05) is 6.92 Å². The Morgan fingerprint density at radius 2 is 2.14 bits per heavy atom. The maximum Gasteiger partial charge on any atom is 0.410 e. The predicted molar refractivity (Wildman–Crippen MR) is 91.0 cm³/mol. The molecule has 0 saturated carbocycles. The van der Waals surface area contributed by atoms with E-state index in [1.807, 2.05) is 37.4 Å². The Kier molecular flexibility index (Phi) is 8.49. The lowest BCUT2D eigenvalue weighted by Gasteiger charge is -2.24. The van der Waals surface area contributed by atoms with E-state index in [0.717, 1.165) is 39.0 Å². The molecule has 1 aliphatic rings. The van der Waals surface area contributed by atoms with Gasteiger partial charge in [0.25, 0.3) is 0 Å². The van der Waals surface area contributed by atoms with E-state index >= 15 is 0 Å². The molecule has 1 aliphatic heterocycles. The van der Waals surface area contributed by atoms with Gasteiger partial charge in [-0.3, -0.25) is 0 Å². The fourth-order valence-corrected chi connectivity index (χ4v) is 3.07. The zero-order valence-corrected chi connectivity index (χ0v) is 14.9. The highest BCUT2D eigenvalue weighted by Gasteiger charge is 2.29. The van der Waals surface area contributed by atoms with E-state index in [-0.39, 0.29) is 6.09 Å². The van der Waals surface area contributed by atoms with Crippen molar-refractivity contribution < 1.29 is 9.53 Å². The SMILES string of the molecule is CCSCCCNCCC1CCN(C(=O)OC(C)(C)C)C1. The molecule has 1 unspecified atom stereocenters. The van der Waals surface area contributed by atoms with Gasteiger partial charge in [-0.25, -0.2) is 4.79 Å². The molecule has 5 heteroatoms. The predicted octanol–water partition coefficient (Wildman–Crippen LogP) is 3.37. The molecule has 1 rings (SSSR count). The minimum atomic E-state index is -0.396. The molecule has 0 radical (unpaired) electrons. The van der Waals surface area contributed by atoms with E-state index < -0.39 is 5.60 Å². The highest BCUT2D eigenvalue weighted by atomic mass is 32.2. The summed E-state index contributed by atoms with van der Waals surface area (Å²) in [6.07, 6.45) is 3.34. The Morgan fingerprint density at radius 1 is 1.38 bits per heavy atom. The Labute approximate surface area is 134 Å². The second kappa shape index (κ2) is 9.57. The lowest BCUT2D eigenvalue weighted by molar-refractivity contribution is 0.0287. The number of likely N-dealkylation sites (tertiary alicyclic amines) is 1. The molecule has 1 N–H and O–H groups in total. The third-order valence-corrected chi connectivity index (χ3v) is 4.50. The number of rotatable bonds is 8. The zero-order chi connectivity index (χ0) is 15.7. The molecule has 21 heavy (non-hydrogen) atoms. The van der Waals surface area contributed by atoms with Crippen LogP contribution in [0.3, 0.4) is 0 Å².